The van der Waals surface area contributed by atoms with Gasteiger partial charge in [-0.3, -0.25) is 19.8 Å². The van der Waals surface area contributed by atoms with Gasteiger partial charge in [0.25, 0.3) is 11.8 Å². The molecule has 0 bridgehead atoms. The molecule has 1 heterocycles. The fourth-order valence-electron chi connectivity index (χ4n) is 3.94. The van der Waals surface area contributed by atoms with Crippen molar-refractivity contribution in [1.82, 2.24) is 5.32 Å². The largest absolute Gasteiger partial charge is 0.493 e. The second kappa shape index (κ2) is 11.8. The minimum atomic E-state index is -0.633. The summed E-state index contributed by atoms with van der Waals surface area (Å²) in [6.45, 7) is 6.21. The molecule has 38 heavy (non-hydrogen) atoms. The van der Waals surface area contributed by atoms with Crippen molar-refractivity contribution in [1.29, 1.82) is 0 Å². The zero-order chi connectivity index (χ0) is 27.4. The van der Waals surface area contributed by atoms with E-state index < -0.39 is 11.8 Å². The number of rotatable bonds is 8. The van der Waals surface area contributed by atoms with Gasteiger partial charge in [-0.05, 0) is 67.0 Å². The molecule has 0 radical (unpaired) electrons. The summed E-state index contributed by atoms with van der Waals surface area (Å²) in [5.74, 6) is -0.245. The Morgan fingerprint density at radius 3 is 2.53 bits per heavy atom. The van der Waals surface area contributed by atoms with Crippen LogP contribution in [0.25, 0.3) is 6.08 Å². The third-order valence-corrected chi connectivity index (χ3v) is 6.92. The van der Waals surface area contributed by atoms with E-state index in [2.05, 4.69) is 11.9 Å². The van der Waals surface area contributed by atoms with Gasteiger partial charge in [0, 0.05) is 5.56 Å². The van der Waals surface area contributed by atoms with E-state index in [9.17, 15) is 9.59 Å². The molecule has 1 N–H and O–H groups in total. The van der Waals surface area contributed by atoms with Gasteiger partial charge in [0.05, 0.1) is 22.8 Å². The maximum atomic E-state index is 13.5. The van der Waals surface area contributed by atoms with Crippen LogP contribution in [0.4, 0.5) is 5.69 Å². The number of nitrogens with zero attached hydrogens (tertiary/aromatic N) is 1. The van der Waals surface area contributed by atoms with Gasteiger partial charge in [-0.2, -0.15) is 0 Å². The molecule has 9 heteroatoms. The van der Waals surface area contributed by atoms with Gasteiger partial charge in [0.1, 0.15) is 12.2 Å². The van der Waals surface area contributed by atoms with Crippen LogP contribution in [0.2, 0.25) is 10.0 Å². The highest BCUT2D eigenvalue weighted by Crippen LogP contribution is 2.37. The molecule has 6 nitrogen and oxygen atoms in total. The van der Waals surface area contributed by atoms with Crippen molar-refractivity contribution in [2.24, 2.45) is 0 Å². The fraction of sp³-hybridized carbons (Fsp3) is 0.138. The predicted octanol–water partition coefficient (Wildman–Crippen LogP) is 6.45. The second-order valence-electron chi connectivity index (χ2n) is 8.51. The number of benzene rings is 3. The van der Waals surface area contributed by atoms with Crippen LogP contribution >= 0.6 is 35.4 Å². The third kappa shape index (κ3) is 5.75. The van der Waals surface area contributed by atoms with E-state index in [0.29, 0.717) is 30.1 Å². The lowest BCUT2D eigenvalue weighted by molar-refractivity contribution is -0.122. The van der Waals surface area contributed by atoms with E-state index in [4.69, 9.17) is 44.9 Å². The molecule has 194 valence electrons. The summed E-state index contributed by atoms with van der Waals surface area (Å²) in [5.41, 5.74) is 3.65. The van der Waals surface area contributed by atoms with Crippen LogP contribution in [-0.4, -0.2) is 24.0 Å². The van der Waals surface area contributed by atoms with Crippen LogP contribution < -0.4 is 19.7 Å². The molecule has 3 aromatic rings. The Labute approximate surface area is 236 Å². The number of halogens is 2. The maximum Gasteiger partial charge on any atom is 0.270 e. The van der Waals surface area contributed by atoms with Gasteiger partial charge in [0.2, 0.25) is 0 Å². The van der Waals surface area contributed by atoms with E-state index in [1.807, 2.05) is 37.3 Å². The molecule has 2 amide bonds. The molecule has 4 rings (SSSR count). The Kier molecular flexibility index (Phi) is 8.52. The first-order valence-electron chi connectivity index (χ1n) is 11.6. The SMILES string of the molecule is C=CCc1cc(/C=C2\C(=O)NC(=S)N(c3cccc(Cl)c3Cl)C2=O)cc(OC)c1OCc1ccc(C)cc1. The van der Waals surface area contributed by atoms with E-state index >= 15 is 0 Å². The highest BCUT2D eigenvalue weighted by molar-refractivity contribution is 7.80. The highest BCUT2D eigenvalue weighted by atomic mass is 35.5. The number of hydrogen-bond acceptors (Lipinski definition) is 5. The number of allylic oxidation sites excluding steroid dienone is 1. The molecule has 0 unspecified atom stereocenters. The number of nitrogens with one attached hydrogen (secondary N) is 1. The van der Waals surface area contributed by atoms with Gasteiger partial charge in [-0.1, -0.05) is 65.2 Å². The van der Waals surface area contributed by atoms with Crippen molar-refractivity contribution < 1.29 is 19.1 Å². The number of carbonyl (C=O) groups is 2. The fourth-order valence-corrected chi connectivity index (χ4v) is 4.59. The Morgan fingerprint density at radius 2 is 1.84 bits per heavy atom. The molecule has 0 spiro atoms. The van der Waals surface area contributed by atoms with Crippen molar-refractivity contribution in [2.75, 3.05) is 12.0 Å². The summed E-state index contributed by atoms with van der Waals surface area (Å²) < 4.78 is 11.8. The van der Waals surface area contributed by atoms with Crippen LogP contribution in [0.1, 0.15) is 22.3 Å². The number of methoxy groups -OCH3 is 1. The quantitative estimate of drug-likeness (QED) is 0.147. The lowest BCUT2D eigenvalue weighted by atomic mass is 10.0. The van der Waals surface area contributed by atoms with Crippen molar-refractivity contribution in [2.45, 2.75) is 20.0 Å². The summed E-state index contributed by atoms with van der Waals surface area (Å²) >= 11 is 17.7. The highest BCUT2D eigenvalue weighted by Gasteiger charge is 2.35. The van der Waals surface area contributed by atoms with Crippen molar-refractivity contribution in [3.05, 3.63) is 105 Å². The zero-order valence-corrected chi connectivity index (χ0v) is 23.0. The summed E-state index contributed by atoms with van der Waals surface area (Å²) in [6, 6.07) is 16.4. The van der Waals surface area contributed by atoms with Crippen molar-refractivity contribution in [3.8, 4) is 11.5 Å². The Balaban J connectivity index is 1.71. The van der Waals surface area contributed by atoms with E-state index in [1.54, 1.807) is 30.3 Å². The first kappa shape index (κ1) is 27.4. The van der Waals surface area contributed by atoms with Crippen LogP contribution in [-0.2, 0) is 22.6 Å². The van der Waals surface area contributed by atoms with Crippen LogP contribution in [0.3, 0.4) is 0 Å². The average Bonchev–Trinajstić information content (AvgIpc) is 2.89. The number of anilines is 1. The Bertz CT molecular complexity index is 1470. The Morgan fingerprint density at radius 1 is 1.11 bits per heavy atom. The summed E-state index contributed by atoms with van der Waals surface area (Å²) in [4.78, 5) is 27.4. The predicted molar refractivity (Wildman–Crippen MR) is 155 cm³/mol. The maximum absolute atomic E-state index is 13.5. The second-order valence-corrected chi connectivity index (χ2v) is 9.68. The minimum absolute atomic E-state index is 0.0916. The van der Waals surface area contributed by atoms with E-state index in [-0.39, 0.29) is 26.4 Å². The van der Waals surface area contributed by atoms with Crippen molar-refractivity contribution >= 4 is 64.1 Å². The monoisotopic (exact) mass is 566 g/mol. The molecular formula is C29H24Cl2N2O4S. The number of ether oxygens (including phenoxy) is 2. The summed E-state index contributed by atoms with van der Waals surface area (Å²) in [7, 11) is 1.53. The molecule has 0 atom stereocenters. The number of aryl methyl sites for hydroxylation is 1. The number of carbonyl (C=O) groups excluding carboxylic acids is 2. The number of amides is 2. The first-order chi connectivity index (χ1) is 18.2. The number of hydrogen-bond donors (Lipinski definition) is 1. The summed E-state index contributed by atoms with van der Waals surface area (Å²) in [6.07, 6.45) is 3.69. The van der Waals surface area contributed by atoms with Crippen LogP contribution in [0.5, 0.6) is 11.5 Å². The molecule has 0 saturated carbocycles. The van der Waals surface area contributed by atoms with Gasteiger partial charge in [-0.25, -0.2) is 0 Å². The minimum Gasteiger partial charge on any atom is -0.493 e. The van der Waals surface area contributed by atoms with Crippen molar-refractivity contribution in [3.63, 3.8) is 0 Å². The molecular weight excluding hydrogens is 543 g/mol. The molecule has 0 aliphatic carbocycles. The van der Waals surface area contributed by atoms with Crippen LogP contribution in [0.15, 0.2) is 72.8 Å². The third-order valence-electron chi connectivity index (χ3n) is 5.83. The lowest BCUT2D eigenvalue weighted by Gasteiger charge is -2.29. The Hall–Kier alpha value is -3.65. The zero-order valence-electron chi connectivity index (χ0n) is 20.7. The smallest absolute Gasteiger partial charge is 0.270 e. The molecule has 3 aromatic carbocycles. The molecule has 1 saturated heterocycles. The van der Waals surface area contributed by atoms with Gasteiger partial charge >= 0.3 is 0 Å². The molecule has 1 aliphatic rings. The lowest BCUT2D eigenvalue weighted by Crippen LogP contribution is -2.54. The molecule has 1 aliphatic heterocycles. The normalized spacial score (nSPS) is 14.5. The summed E-state index contributed by atoms with van der Waals surface area (Å²) in [5, 5.41) is 2.86. The molecule has 1 fully saturated rings. The first-order valence-corrected chi connectivity index (χ1v) is 12.8. The average molecular weight is 567 g/mol. The van der Waals surface area contributed by atoms with Crippen LogP contribution in [0, 0.1) is 6.92 Å². The van der Waals surface area contributed by atoms with Gasteiger partial charge < -0.3 is 9.47 Å². The van der Waals surface area contributed by atoms with E-state index in [0.717, 1.165) is 21.6 Å². The van der Waals surface area contributed by atoms with Gasteiger partial charge in [0.15, 0.2) is 16.6 Å². The topological polar surface area (TPSA) is 67.9 Å². The van der Waals surface area contributed by atoms with E-state index in [1.165, 1.54) is 13.2 Å². The standard InChI is InChI=1S/C29H24Cl2N2O4S/c1-4-6-20-13-19(15-24(36-3)26(20)37-16-18-11-9-17(2)10-12-18)14-21-27(34)32-29(38)33(28(21)35)23-8-5-7-22(30)25(23)31/h4-5,7-15H,1,6,16H2,2-3H3,(H,32,34,38)/b21-14+. The molecule has 0 aromatic heterocycles. The number of thiocarbonyl (C=S) groups is 1. The van der Waals surface area contributed by atoms with Gasteiger partial charge in [-0.15, -0.1) is 6.58 Å².